The molecule has 0 aliphatic heterocycles. The van der Waals surface area contributed by atoms with Gasteiger partial charge in [0.1, 0.15) is 0 Å². The molecule has 1 aromatic carbocycles. The predicted octanol–water partition coefficient (Wildman–Crippen LogP) is 1.73. The summed E-state index contributed by atoms with van der Waals surface area (Å²) in [5.74, 6) is 0. The van der Waals surface area contributed by atoms with Gasteiger partial charge in [-0.15, -0.1) is 0 Å². The fourth-order valence-electron chi connectivity index (χ4n) is 1.78. The Balaban J connectivity index is 2.90. The Morgan fingerprint density at radius 2 is 1.72 bits per heavy atom. The topological polar surface area (TPSA) is 44.5 Å². The van der Waals surface area contributed by atoms with Crippen molar-refractivity contribution in [3.8, 4) is 0 Å². The molecule has 0 heterocycles. The Morgan fingerprint density at radius 3 is 2.28 bits per heavy atom. The van der Waals surface area contributed by atoms with Crippen LogP contribution in [0, 0.1) is 0 Å². The van der Waals surface area contributed by atoms with Crippen molar-refractivity contribution in [2.24, 2.45) is 5.73 Å². The number of nitrogens with two attached hydrogens (primary N) is 1. The van der Waals surface area contributed by atoms with Crippen LogP contribution in [0.2, 0.25) is 0 Å². The van der Waals surface area contributed by atoms with Crippen LogP contribution in [0.4, 0.5) is 0 Å². The second-order valence-corrected chi connectivity index (χ2v) is 5.87. The van der Waals surface area contributed by atoms with Crippen molar-refractivity contribution in [1.82, 2.24) is 0 Å². The molecule has 4 heteroatoms. The highest BCUT2D eigenvalue weighted by Gasteiger charge is 2.21. The van der Waals surface area contributed by atoms with Gasteiger partial charge in [-0.05, 0) is 37.4 Å². The minimum absolute atomic E-state index is 0.206. The largest absolute Gasteiger partial charge is 0.423 e. The fourth-order valence-corrected chi connectivity index (χ4v) is 3.38. The molecule has 0 spiro atoms. The monoisotopic (exact) mass is 266 g/mol. The SMILES string of the molecule is CCO[Si](OCC)c1ccccc1CC(N)CC. The van der Waals surface area contributed by atoms with Crippen molar-refractivity contribution >= 4 is 14.5 Å². The van der Waals surface area contributed by atoms with E-state index >= 15 is 0 Å². The summed E-state index contributed by atoms with van der Waals surface area (Å²) in [6, 6.07) is 8.54. The molecule has 2 N–H and O–H groups in total. The van der Waals surface area contributed by atoms with Gasteiger partial charge in [-0.25, -0.2) is 0 Å². The lowest BCUT2D eigenvalue weighted by atomic mass is 10.1. The molecule has 0 aliphatic rings. The number of benzene rings is 1. The first kappa shape index (κ1) is 15.4. The van der Waals surface area contributed by atoms with Gasteiger partial charge in [0.05, 0.1) is 0 Å². The van der Waals surface area contributed by atoms with Gasteiger partial charge in [-0.1, -0.05) is 31.2 Å². The quantitative estimate of drug-likeness (QED) is 0.729. The first-order chi connectivity index (χ1) is 8.72. The summed E-state index contributed by atoms with van der Waals surface area (Å²) in [7, 11) is -1.36. The van der Waals surface area contributed by atoms with E-state index in [2.05, 4.69) is 25.1 Å². The summed E-state index contributed by atoms with van der Waals surface area (Å²) < 4.78 is 11.5. The van der Waals surface area contributed by atoms with Gasteiger partial charge in [0.25, 0.3) is 0 Å². The van der Waals surface area contributed by atoms with Gasteiger partial charge in [0.15, 0.2) is 0 Å². The lowest BCUT2D eigenvalue weighted by Crippen LogP contribution is -2.40. The van der Waals surface area contributed by atoms with Crippen molar-refractivity contribution in [2.45, 2.75) is 39.7 Å². The summed E-state index contributed by atoms with van der Waals surface area (Å²) in [4.78, 5) is 0. The van der Waals surface area contributed by atoms with Gasteiger partial charge in [0, 0.05) is 19.3 Å². The van der Waals surface area contributed by atoms with E-state index in [9.17, 15) is 0 Å². The number of hydrogen-bond acceptors (Lipinski definition) is 3. The van der Waals surface area contributed by atoms with Crippen molar-refractivity contribution in [3.63, 3.8) is 0 Å². The first-order valence-electron chi connectivity index (χ1n) is 6.69. The van der Waals surface area contributed by atoms with Gasteiger partial charge < -0.3 is 14.6 Å². The van der Waals surface area contributed by atoms with E-state index < -0.39 is 9.28 Å². The Bertz CT molecular complexity index is 340. The highest BCUT2D eigenvalue weighted by molar-refractivity contribution is 6.61. The molecule has 0 fully saturated rings. The first-order valence-corrected chi connectivity index (χ1v) is 8.00. The molecule has 0 amide bonds. The van der Waals surface area contributed by atoms with E-state index in [0.717, 1.165) is 12.8 Å². The van der Waals surface area contributed by atoms with E-state index in [1.165, 1.54) is 10.8 Å². The summed E-state index contributed by atoms with van der Waals surface area (Å²) in [5.41, 5.74) is 7.32. The van der Waals surface area contributed by atoms with E-state index in [1.807, 2.05) is 19.9 Å². The molecule has 1 atom stereocenters. The van der Waals surface area contributed by atoms with Crippen molar-refractivity contribution in [3.05, 3.63) is 29.8 Å². The van der Waals surface area contributed by atoms with Crippen LogP contribution < -0.4 is 10.9 Å². The maximum atomic E-state index is 6.05. The molecule has 0 saturated carbocycles. The average molecular weight is 266 g/mol. The van der Waals surface area contributed by atoms with E-state index in [-0.39, 0.29) is 6.04 Å². The third-order valence-electron chi connectivity index (χ3n) is 2.79. The van der Waals surface area contributed by atoms with Crippen molar-refractivity contribution in [2.75, 3.05) is 13.2 Å². The molecule has 1 aromatic rings. The number of rotatable bonds is 8. The van der Waals surface area contributed by atoms with Crippen LogP contribution in [0.25, 0.3) is 0 Å². The Labute approximate surface area is 112 Å². The Kier molecular flexibility index (Phi) is 7.20. The molecule has 0 aromatic heterocycles. The molecule has 1 unspecified atom stereocenters. The zero-order valence-electron chi connectivity index (χ0n) is 11.6. The standard InChI is InChI=1S/C14H24NO2Si/c1-4-13(15)11-12-9-7-8-10-14(12)18(16-5-2)17-6-3/h7-10,13H,4-6,11,15H2,1-3H3. The molecule has 3 nitrogen and oxygen atoms in total. The van der Waals surface area contributed by atoms with Crippen molar-refractivity contribution in [1.29, 1.82) is 0 Å². The lowest BCUT2D eigenvalue weighted by molar-refractivity contribution is 0.225. The van der Waals surface area contributed by atoms with Crippen LogP contribution >= 0.6 is 0 Å². The molecule has 101 valence electrons. The maximum absolute atomic E-state index is 6.05. The van der Waals surface area contributed by atoms with Crippen LogP contribution in [-0.4, -0.2) is 28.5 Å². The average Bonchev–Trinajstić information content (AvgIpc) is 2.39. The fraction of sp³-hybridized carbons (Fsp3) is 0.571. The lowest BCUT2D eigenvalue weighted by Gasteiger charge is -2.18. The van der Waals surface area contributed by atoms with Crippen LogP contribution in [0.1, 0.15) is 32.8 Å². The minimum atomic E-state index is -1.36. The van der Waals surface area contributed by atoms with Crippen LogP contribution in [0.15, 0.2) is 24.3 Å². The van der Waals surface area contributed by atoms with Crippen LogP contribution in [0.3, 0.4) is 0 Å². The Morgan fingerprint density at radius 1 is 1.11 bits per heavy atom. The molecular weight excluding hydrogens is 242 g/mol. The molecule has 0 bridgehead atoms. The van der Waals surface area contributed by atoms with E-state index in [0.29, 0.717) is 13.2 Å². The number of hydrogen-bond donors (Lipinski definition) is 1. The molecule has 0 saturated heterocycles. The van der Waals surface area contributed by atoms with E-state index in [1.54, 1.807) is 0 Å². The summed E-state index contributed by atoms with van der Waals surface area (Å²) in [6.45, 7) is 7.49. The predicted molar refractivity (Wildman–Crippen MR) is 77.1 cm³/mol. The Hall–Kier alpha value is -0.683. The van der Waals surface area contributed by atoms with Crippen LogP contribution in [-0.2, 0) is 15.3 Å². The molecular formula is C14H24NO2Si. The molecule has 1 radical (unpaired) electrons. The molecule has 18 heavy (non-hydrogen) atoms. The van der Waals surface area contributed by atoms with Crippen molar-refractivity contribution < 1.29 is 8.85 Å². The zero-order chi connectivity index (χ0) is 13.4. The zero-order valence-corrected chi connectivity index (χ0v) is 12.6. The highest BCUT2D eigenvalue weighted by Crippen LogP contribution is 2.05. The molecule has 0 aliphatic carbocycles. The highest BCUT2D eigenvalue weighted by atomic mass is 28.3. The second-order valence-electron chi connectivity index (χ2n) is 4.18. The summed E-state index contributed by atoms with van der Waals surface area (Å²) in [5, 5.41) is 1.20. The maximum Gasteiger partial charge on any atom is 0.423 e. The summed E-state index contributed by atoms with van der Waals surface area (Å²) >= 11 is 0. The normalized spacial score (nSPS) is 12.9. The van der Waals surface area contributed by atoms with Gasteiger partial charge in [0.2, 0.25) is 0 Å². The van der Waals surface area contributed by atoms with Crippen LogP contribution in [0.5, 0.6) is 0 Å². The van der Waals surface area contributed by atoms with E-state index in [4.69, 9.17) is 14.6 Å². The smallest absolute Gasteiger partial charge is 0.390 e. The van der Waals surface area contributed by atoms with Gasteiger partial charge in [-0.2, -0.15) is 0 Å². The minimum Gasteiger partial charge on any atom is -0.390 e. The second kappa shape index (κ2) is 8.42. The summed E-state index contributed by atoms with van der Waals surface area (Å²) in [6.07, 6.45) is 1.88. The van der Waals surface area contributed by atoms with Gasteiger partial charge in [-0.3, -0.25) is 0 Å². The van der Waals surface area contributed by atoms with Gasteiger partial charge >= 0.3 is 9.28 Å². The third-order valence-corrected chi connectivity index (χ3v) is 4.82. The molecule has 1 rings (SSSR count). The third kappa shape index (κ3) is 4.53.